The summed E-state index contributed by atoms with van der Waals surface area (Å²) < 4.78 is 11.4. The number of ether oxygens (including phenoxy) is 2. The molecule has 0 saturated carbocycles. The van der Waals surface area contributed by atoms with Crippen molar-refractivity contribution in [2.24, 2.45) is 0 Å². The number of hydrogen-bond acceptors (Lipinski definition) is 4. The number of benzene rings is 1. The van der Waals surface area contributed by atoms with E-state index in [2.05, 4.69) is 18.7 Å². The highest BCUT2D eigenvalue weighted by molar-refractivity contribution is 5.85. The van der Waals surface area contributed by atoms with Gasteiger partial charge in [-0.05, 0) is 26.0 Å². The third-order valence-corrected chi connectivity index (χ3v) is 3.21. The van der Waals surface area contributed by atoms with Crippen molar-refractivity contribution in [3.05, 3.63) is 29.8 Å². The Morgan fingerprint density at radius 1 is 1.30 bits per heavy atom. The van der Waals surface area contributed by atoms with Crippen LogP contribution in [0.15, 0.2) is 24.3 Å². The minimum absolute atomic E-state index is 0. The van der Waals surface area contributed by atoms with Gasteiger partial charge < -0.3 is 9.47 Å². The van der Waals surface area contributed by atoms with E-state index in [1.165, 1.54) is 0 Å². The Morgan fingerprint density at radius 2 is 1.95 bits per heavy atom. The van der Waals surface area contributed by atoms with E-state index in [-0.39, 0.29) is 24.6 Å². The molecule has 0 N–H and O–H groups in total. The van der Waals surface area contributed by atoms with Gasteiger partial charge in [0.1, 0.15) is 12.4 Å². The zero-order valence-electron chi connectivity index (χ0n) is 12.0. The number of halogens is 1. The van der Waals surface area contributed by atoms with E-state index in [1.807, 2.05) is 18.2 Å². The first-order valence-corrected chi connectivity index (χ1v) is 6.74. The van der Waals surface area contributed by atoms with E-state index in [9.17, 15) is 4.79 Å². The number of morpholine rings is 1. The lowest BCUT2D eigenvalue weighted by Crippen LogP contribution is -2.46. The molecule has 0 spiro atoms. The molecular formula is C15H22ClNO3. The van der Waals surface area contributed by atoms with Crippen molar-refractivity contribution in [1.82, 2.24) is 4.90 Å². The summed E-state index contributed by atoms with van der Waals surface area (Å²) in [6, 6.07) is 7.30. The summed E-state index contributed by atoms with van der Waals surface area (Å²) in [6.45, 7) is 7.48. The van der Waals surface area contributed by atoms with E-state index in [0.29, 0.717) is 17.9 Å². The van der Waals surface area contributed by atoms with Crippen LogP contribution in [0.4, 0.5) is 0 Å². The van der Waals surface area contributed by atoms with Crippen molar-refractivity contribution < 1.29 is 14.3 Å². The van der Waals surface area contributed by atoms with Crippen LogP contribution >= 0.6 is 12.4 Å². The van der Waals surface area contributed by atoms with Gasteiger partial charge in [-0.1, -0.05) is 12.1 Å². The maximum Gasteiger partial charge on any atom is 0.153 e. The Morgan fingerprint density at radius 3 is 2.60 bits per heavy atom. The van der Waals surface area contributed by atoms with Crippen molar-refractivity contribution in [3.63, 3.8) is 0 Å². The molecule has 2 atom stereocenters. The number of carbonyl (C=O) groups is 1. The molecule has 0 aliphatic carbocycles. The zero-order valence-corrected chi connectivity index (χ0v) is 12.8. The predicted molar refractivity (Wildman–Crippen MR) is 81.0 cm³/mol. The molecule has 20 heavy (non-hydrogen) atoms. The van der Waals surface area contributed by atoms with Crippen LogP contribution in [0.1, 0.15) is 24.2 Å². The second kappa shape index (κ2) is 8.25. The van der Waals surface area contributed by atoms with Gasteiger partial charge in [0.05, 0.1) is 17.8 Å². The van der Waals surface area contributed by atoms with Crippen LogP contribution in [0.5, 0.6) is 5.75 Å². The smallest absolute Gasteiger partial charge is 0.153 e. The van der Waals surface area contributed by atoms with Crippen LogP contribution in [-0.2, 0) is 4.74 Å². The van der Waals surface area contributed by atoms with Crippen LogP contribution in [-0.4, -0.2) is 49.6 Å². The molecule has 1 saturated heterocycles. The summed E-state index contributed by atoms with van der Waals surface area (Å²) in [6.07, 6.45) is 1.37. The third-order valence-electron chi connectivity index (χ3n) is 3.21. The van der Waals surface area contributed by atoms with Gasteiger partial charge in [-0.15, -0.1) is 12.4 Å². The fourth-order valence-electron chi connectivity index (χ4n) is 2.46. The molecule has 0 radical (unpaired) electrons. The summed E-state index contributed by atoms with van der Waals surface area (Å²) in [5.74, 6) is 0.659. The Kier molecular flexibility index (Phi) is 6.99. The molecule has 1 fully saturated rings. The lowest BCUT2D eigenvalue weighted by Gasteiger charge is -2.35. The summed E-state index contributed by atoms with van der Waals surface area (Å²) in [5, 5.41) is 0. The maximum atomic E-state index is 10.9. The van der Waals surface area contributed by atoms with E-state index in [1.54, 1.807) is 6.07 Å². The van der Waals surface area contributed by atoms with E-state index in [0.717, 1.165) is 25.9 Å². The first-order valence-electron chi connectivity index (χ1n) is 6.74. The lowest BCUT2D eigenvalue weighted by molar-refractivity contribution is -0.0699. The number of rotatable bonds is 5. The van der Waals surface area contributed by atoms with Crippen molar-refractivity contribution in [3.8, 4) is 5.75 Å². The van der Waals surface area contributed by atoms with Gasteiger partial charge in [0.15, 0.2) is 6.29 Å². The van der Waals surface area contributed by atoms with Gasteiger partial charge in [0, 0.05) is 19.6 Å². The summed E-state index contributed by atoms with van der Waals surface area (Å²) in [4.78, 5) is 13.2. The highest BCUT2D eigenvalue weighted by Gasteiger charge is 2.21. The lowest BCUT2D eigenvalue weighted by atomic mass is 10.2. The Hall–Kier alpha value is -1.10. The fourth-order valence-corrected chi connectivity index (χ4v) is 2.46. The number of aldehydes is 1. The second-order valence-electron chi connectivity index (χ2n) is 5.02. The van der Waals surface area contributed by atoms with Gasteiger partial charge in [-0.2, -0.15) is 0 Å². The number of nitrogens with zero attached hydrogens (tertiary/aromatic N) is 1. The number of hydrogen-bond donors (Lipinski definition) is 0. The Balaban J connectivity index is 0.00000200. The van der Waals surface area contributed by atoms with Crippen molar-refractivity contribution in [2.45, 2.75) is 26.1 Å². The van der Waals surface area contributed by atoms with Gasteiger partial charge >= 0.3 is 0 Å². The average molecular weight is 300 g/mol. The normalized spacial score (nSPS) is 22.9. The molecule has 0 aromatic heterocycles. The minimum Gasteiger partial charge on any atom is -0.492 e. The van der Waals surface area contributed by atoms with Crippen LogP contribution in [0, 0.1) is 0 Å². The summed E-state index contributed by atoms with van der Waals surface area (Å²) in [7, 11) is 0. The molecule has 4 nitrogen and oxygen atoms in total. The SMILES string of the molecule is CC1CN(CCOc2ccccc2C=O)CC(C)O1.Cl. The third kappa shape index (κ3) is 4.78. The van der Waals surface area contributed by atoms with E-state index < -0.39 is 0 Å². The highest BCUT2D eigenvalue weighted by atomic mass is 35.5. The quantitative estimate of drug-likeness (QED) is 0.783. The summed E-state index contributed by atoms with van der Waals surface area (Å²) >= 11 is 0. The van der Waals surface area contributed by atoms with Crippen LogP contribution in [0.2, 0.25) is 0 Å². The molecule has 1 aromatic rings. The summed E-state index contributed by atoms with van der Waals surface area (Å²) in [5.41, 5.74) is 0.603. The van der Waals surface area contributed by atoms with Gasteiger partial charge in [-0.3, -0.25) is 9.69 Å². The molecule has 1 aromatic carbocycles. The minimum atomic E-state index is 0. The topological polar surface area (TPSA) is 38.8 Å². The van der Waals surface area contributed by atoms with Gasteiger partial charge in [0.2, 0.25) is 0 Å². The second-order valence-corrected chi connectivity index (χ2v) is 5.02. The molecule has 0 amide bonds. The largest absolute Gasteiger partial charge is 0.492 e. The van der Waals surface area contributed by atoms with Gasteiger partial charge in [0.25, 0.3) is 0 Å². The molecular weight excluding hydrogens is 278 g/mol. The van der Waals surface area contributed by atoms with Crippen LogP contribution in [0.3, 0.4) is 0 Å². The molecule has 2 rings (SSSR count). The molecule has 2 unspecified atom stereocenters. The first kappa shape index (κ1) is 17.0. The molecule has 1 heterocycles. The van der Waals surface area contributed by atoms with Crippen LogP contribution < -0.4 is 4.74 Å². The average Bonchev–Trinajstić information content (AvgIpc) is 2.38. The monoisotopic (exact) mass is 299 g/mol. The first-order chi connectivity index (χ1) is 9.19. The van der Waals surface area contributed by atoms with E-state index >= 15 is 0 Å². The van der Waals surface area contributed by atoms with Crippen molar-refractivity contribution >= 4 is 18.7 Å². The van der Waals surface area contributed by atoms with Crippen LogP contribution in [0.25, 0.3) is 0 Å². The highest BCUT2D eigenvalue weighted by Crippen LogP contribution is 2.16. The van der Waals surface area contributed by atoms with E-state index in [4.69, 9.17) is 9.47 Å². The fraction of sp³-hybridized carbons (Fsp3) is 0.533. The standard InChI is InChI=1S/C15H21NO3.ClH/c1-12-9-16(10-13(2)19-12)7-8-18-15-6-4-3-5-14(15)11-17;/h3-6,11-13H,7-10H2,1-2H3;1H. The molecule has 5 heteroatoms. The molecule has 112 valence electrons. The van der Waals surface area contributed by atoms with Crippen molar-refractivity contribution in [1.29, 1.82) is 0 Å². The predicted octanol–water partition coefficient (Wildman–Crippen LogP) is 2.41. The number of para-hydroxylation sites is 1. The number of carbonyl (C=O) groups excluding carboxylic acids is 1. The zero-order chi connectivity index (χ0) is 13.7. The molecule has 1 aliphatic heterocycles. The Bertz CT molecular complexity index is 417. The van der Waals surface area contributed by atoms with Gasteiger partial charge in [-0.25, -0.2) is 0 Å². The Labute approximate surface area is 126 Å². The maximum absolute atomic E-state index is 10.9. The van der Waals surface area contributed by atoms with Crippen molar-refractivity contribution in [2.75, 3.05) is 26.2 Å². The molecule has 1 aliphatic rings. The molecule has 0 bridgehead atoms.